The van der Waals surface area contributed by atoms with Gasteiger partial charge in [-0.1, -0.05) is 12.1 Å². The van der Waals surface area contributed by atoms with E-state index in [0.717, 1.165) is 67.9 Å². The minimum atomic E-state index is -0.0598. The van der Waals surface area contributed by atoms with Gasteiger partial charge in [0.05, 0.1) is 11.3 Å². The van der Waals surface area contributed by atoms with Crippen molar-refractivity contribution < 1.29 is 4.79 Å². The number of hydrogen-bond donors (Lipinski definition) is 2. The summed E-state index contributed by atoms with van der Waals surface area (Å²) in [4.78, 5) is 34.9. The Kier molecular flexibility index (Phi) is 4.79. The van der Waals surface area contributed by atoms with Crippen LogP contribution in [0.15, 0.2) is 41.2 Å². The maximum atomic E-state index is 12.6. The third kappa shape index (κ3) is 3.59. The molecule has 1 fully saturated rings. The molecule has 6 heteroatoms. The van der Waals surface area contributed by atoms with E-state index in [1.807, 2.05) is 17.0 Å². The highest BCUT2D eigenvalue weighted by molar-refractivity contribution is 5.86. The van der Waals surface area contributed by atoms with Gasteiger partial charge in [-0.15, -0.1) is 0 Å². The molecular formula is C24H26N4O2. The molecule has 5 rings (SSSR count). The van der Waals surface area contributed by atoms with E-state index in [2.05, 4.69) is 45.2 Å². The fraction of sp³-hybridized carbons (Fsp3) is 0.333. The second kappa shape index (κ2) is 7.61. The molecule has 30 heavy (non-hydrogen) atoms. The van der Waals surface area contributed by atoms with Crippen molar-refractivity contribution in [1.82, 2.24) is 19.8 Å². The van der Waals surface area contributed by atoms with Crippen molar-refractivity contribution in [2.75, 3.05) is 26.2 Å². The molecular weight excluding hydrogens is 376 g/mol. The zero-order chi connectivity index (χ0) is 20.7. The SMILES string of the molecule is CC(=O)N1CCN(Cc2ccc3[nH]c(-c4cc5c([nH]c4=O)C=CCC5)cc3c2)CC1. The third-order valence-electron chi connectivity index (χ3n) is 6.22. The Morgan fingerprint density at radius 1 is 1.07 bits per heavy atom. The number of hydrogen-bond acceptors (Lipinski definition) is 3. The molecule has 2 N–H and O–H groups in total. The predicted molar refractivity (Wildman–Crippen MR) is 119 cm³/mol. The number of carbonyl (C=O) groups excluding carboxylic acids is 1. The van der Waals surface area contributed by atoms with Crippen LogP contribution in [0, 0.1) is 0 Å². The first-order valence-electron chi connectivity index (χ1n) is 10.6. The Balaban J connectivity index is 1.38. The molecule has 3 heterocycles. The maximum Gasteiger partial charge on any atom is 0.257 e. The van der Waals surface area contributed by atoms with E-state index in [1.165, 1.54) is 11.1 Å². The highest BCUT2D eigenvalue weighted by atomic mass is 16.2. The highest BCUT2D eigenvalue weighted by Gasteiger charge is 2.19. The van der Waals surface area contributed by atoms with Crippen LogP contribution in [0.25, 0.3) is 28.2 Å². The lowest BCUT2D eigenvalue weighted by atomic mass is 9.99. The van der Waals surface area contributed by atoms with Gasteiger partial charge in [-0.3, -0.25) is 14.5 Å². The predicted octanol–water partition coefficient (Wildman–Crippen LogP) is 3.15. The van der Waals surface area contributed by atoms with Gasteiger partial charge >= 0.3 is 0 Å². The molecule has 1 aromatic carbocycles. The van der Waals surface area contributed by atoms with Crippen molar-refractivity contribution in [2.45, 2.75) is 26.3 Å². The molecule has 1 saturated heterocycles. The van der Waals surface area contributed by atoms with E-state index < -0.39 is 0 Å². The molecule has 0 unspecified atom stereocenters. The van der Waals surface area contributed by atoms with E-state index in [9.17, 15) is 9.59 Å². The molecule has 1 aliphatic carbocycles. The third-order valence-corrected chi connectivity index (χ3v) is 6.22. The molecule has 154 valence electrons. The summed E-state index contributed by atoms with van der Waals surface area (Å²) >= 11 is 0. The normalized spacial score (nSPS) is 16.8. The Morgan fingerprint density at radius 2 is 1.90 bits per heavy atom. The highest BCUT2D eigenvalue weighted by Crippen LogP contribution is 2.26. The summed E-state index contributed by atoms with van der Waals surface area (Å²) in [7, 11) is 0. The second-order valence-corrected chi connectivity index (χ2v) is 8.28. The van der Waals surface area contributed by atoms with Crippen molar-refractivity contribution in [3.05, 3.63) is 63.6 Å². The van der Waals surface area contributed by atoms with Crippen molar-refractivity contribution in [3.8, 4) is 11.3 Å². The van der Waals surface area contributed by atoms with Gasteiger partial charge in [0.25, 0.3) is 5.56 Å². The number of aromatic amines is 2. The summed E-state index contributed by atoms with van der Waals surface area (Å²) in [6, 6.07) is 10.5. The van der Waals surface area contributed by atoms with E-state index in [4.69, 9.17) is 0 Å². The monoisotopic (exact) mass is 402 g/mol. The number of piperazine rings is 1. The molecule has 2 aliphatic rings. The number of aromatic nitrogens is 2. The average Bonchev–Trinajstić information content (AvgIpc) is 3.16. The Morgan fingerprint density at radius 3 is 2.70 bits per heavy atom. The Hall–Kier alpha value is -3.12. The molecule has 0 bridgehead atoms. The average molecular weight is 402 g/mol. The van der Waals surface area contributed by atoms with E-state index in [1.54, 1.807) is 6.92 Å². The van der Waals surface area contributed by atoms with Crippen LogP contribution >= 0.6 is 0 Å². The first-order valence-corrected chi connectivity index (χ1v) is 10.6. The summed E-state index contributed by atoms with van der Waals surface area (Å²) < 4.78 is 0. The molecule has 0 radical (unpaired) electrons. The Bertz CT molecular complexity index is 1200. The minimum Gasteiger partial charge on any atom is -0.354 e. The number of nitrogens with zero attached hydrogens (tertiary/aromatic N) is 2. The number of carbonyl (C=O) groups is 1. The fourth-order valence-corrected chi connectivity index (χ4v) is 4.49. The molecule has 0 spiro atoms. The largest absolute Gasteiger partial charge is 0.354 e. The van der Waals surface area contributed by atoms with E-state index in [0.29, 0.717) is 5.56 Å². The first-order chi connectivity index (χ1) is 14.6. The van der Waals surface area contributed by atoms with Gasteiger partial charge < -0.3 is 14.9 Å². The molecule has 6 nitrogen and oxygen atoms in total. The van der Waals surface area contributed by atoms with E-state index >= 15 is 0 Å². The topological polar surface area (TPSA) is 72.2 Å². The Labute approximate surface area is 175 Å². The van der Waals surface area contributed by atoms with Crippen molar-refractivity contribution in [2.24, 2.45) is 0 Å². The smallest absolute Gasteiger partial charge is 0.257 e. The number of benzene rings is 1. The standard InChI is InChI=1S/C24H26N4O2/c1-16(29)28-10-8-27(9-11-28)15-17-6-7-22-19(12-17)14-23(25-22)20-13-18-4-2-3-5-21(18)26-24(20)30/h3,5-7,12-14,25H,2,4,8-11,15H2,1H3,(H,26,30). The zero-order valence-electron chi connectivity index (χ0n) is 17.2. The lowest BCUT2D eigenvalue weighted by molar-refractivity contribution is -0.130. The number of pyridine rings is 1. The number of aryl methyl sites for hydroxylation is 1. The number of fused-ring (bicyclic) bond motifs is 2. The molecule has 3 aromatic rings. The molecule has 0 atom stereocenters. The van der Waals surface area contributed by atoms with Crippen LogP contribution < -0.4 is 5.56 Å². The van der Waals surface area contributed by atoms with Crippen molar-refractivity contribution >= 4 is 22.9 Å². The van der Waals surface area contributed by atoms with Crippen LogP contribution in [0.4, 0.5) is 0 Å². The fourth-order valence-electron chi connectivity index (χ4n) is 4.49. The first kappa shape index (κ1) is 18.9. The summed E-state index contributed by atoms with van der Waals surface area (Å²) in [5, 5.41) is 1.11. The molecule has 0 saturated carbocycles. The van der Waals surface area contributed by atoms with Gasteiger partial charge in [0.2, 0.25) is 5.91 Å². The van der Waals surface area contributed by atoms with Crippen LogP contribution in [-0.2, 0) is 17.8 Å². The van der Waals surface area contributed by atoms with Crippen LogP contribution in [0.2, 0.25) is 0 Å². The van der Waals surface area contributed by atoms with Crippen LogP contribution in [0.1, 0.15) is 30.2 Å². The van der Waals surface area contributed by atoms with Gasteiger partial charge in [0.15, 0.2) is 0 Å². The van der Waals surface area contributed by atoms with E-state index in [-0.39, 0.29) is 11.5 Å². The van der Waals surface area contributed by atoms with Crippen LogP contribution in [-0.4, -0.2) is 51.9 Å². The summed E-state index contributed by atoms with van der Waals surface area (Å²) in [6.45, 7) is 5.89. The van der Waals surface area contributed by atoms with Crippen molar-refractivity contribution in [1.29, 1.82) is 0 Å². The maximum absolute atomic E-state index is 12.6. The van der Waals surface area contributed by atoms with Crippen molar-refractivity contribution in [3.63, 3.8) is 0 Å². The second-order valence-electron chi connectivity index (χ2n) is 8.28. The van der Waals surface area contributed by atoms with Gasteiger partial charge in [-0.2, -0.15) is 0 Å². The lowest BCUT2D eigenvalue weighted by Gasteiger charge is -2.34. The van der Waals surface area contributed by atoms with Crippen LogP contribution in [0.3, 0.4) is 0 Å². The summed E-state index contributed by atoms with van der Waals surface area (Å²) in [5.74, 6) is 0.157. The lowest BCUT2D eigenvalue weighted by Crippen LogP contribution is -2.47. The number of nitrogens with one attached hydrogen (secondary N) is 2. The quantitative estimate of drug-likeness (QED) is 0.707. The number of H-pyrrole nitrogens is 2. The van der Waals surface area contributed by atoms with Gasteiger partial charge in [0, 0.05) is 56.2 Å². The number of rotatable bonds is 3. The number of allylic oxidation sites excluding steroid dienone is 1. The van der Waals surface area contributed by atoms with Crippen LogP contribution in [0.5, 0.6) is 0 Å². The molecule has 2 aromatic heterocycles. The number of amides is 1. The van der Waals surface area contributed by atoms with Gasteiger partial charge in [-0.05, 0) is 54.3 Å². The zero-order valence-corrected chi connectivity index (χ0v) is 17.2. The summed E-state index contributed by atoms with van der Waals surface area (Å²) in [6.07, 6.45) is 6.06. The van der Waals surface area contributed by atoms with Gasteiger partial charge in [-0.25, -0.2) is 0 Å². The minimum absolute atomic E-state index is 0.0598. The molecule has 1 aliphatic heterocycles. The van der Waals surface area contributed by atoms with Gasteiger partial charge in [0.1, 0.15) is 0 Å². The summed E-state index contributed by atoms with van der Waals surface area (Å²) in [5.41, 5.74) is 5.89. The molecule has 1 amide bonds.